The summed E-state index contributed by atoms with van der Waals surface area (Å²) in [4.78, 5) is 31.0. The number of thiazole rings is 1. The molecule has 0 radical (unpaired) electrons. The summed E-state index contributed by atoms with van der Waals surface area (Å²) in [5, 5.41) is 6.89. The van der Waals surface area contributed by atoms with E-state index in [1.54, 1.807) is 0 Å². The monoisotopic (exact) mass is 493 g/mol. The van der Waals surface area contributed by atoms with Crippen LogP contribution < -0.4 is 10.6 Å². The van der Waals surface area contributed by atoms with Crippen LogP contribution in [0.2, 0.25) is 0 Å². The molecule has 5 rings (SSSR count). The fraction of sp³-hybridized carbons (Fsp3) is 0.208. The Morgan fingerprint density at radius 2 is 2.03 bits per heavy atom. The third kappa shape index (κ3) is 3.72. The minimum Gasteiger partial charge on any atom is -0.362 e. The molecule has 1 amide bonds. The summed E-state index contributed by atoms with van der Waals surface area (Å²) < 4.78 is 1.93. The van der Waals surface area contributed by atoms with Crippen molar-refractivity contribution in [3.63, 3.8) is 0 Å². The maximum atomic E-state index is 13.5. The number of ketones is 1. The third-order valence-corrected chi connectivity index (χ3v) is 7.16. The first-order valence-electron chi connectivity index (χ1n) is 10.2. The number of nitrogens with zero attached hydrogens (tertiary/aromatic N) is 1. The van der Waals surface area contributed by atoms with Crippen LogP contribution in [0.15, 0.2) is 75.5 Å². The maximum absolute atomic E-state index is 13.5. The zero-order chi connectivity index (χ0) is 21.5. The van der Waals surface area contributed by atoms with Gasteiger partial charge in [0.25, 0.3) is 5.91 Å². The zero-order valence-corrected chi connectivity index (χ0v) is 19.3. The van der Waals surface area contributed by atoms with Gasteiger partial charge in [-0.2, -0.15) is 0 Å². The van der Waals surface area contributed by atoms with E-state index in [4.69, 9.17) is 0 Å². The molecule has 3 aromatic rings. The average molecular weight is 494 g/mol. The summed E-state index contributed by atoms with van der Waals surface area (Å²) in [5.41, 5.74) is 4.77. The highest BCUT2D eigenvalue weighted by molar-refractivity contribution is 9.10. The molecule has 1 aliphatic heterocycles. The molecule has 2 aromatic carbocycles. The first-order chi connectivity index (χ1) is 15.0. The van der Waals surface area contributed by atoms with Crippen molar-refractivity contribution in [2.75, 3.05) is 5.32 Å². The number of para-hydroxylation sites is 1. The Balaban J connectivity index is 1.57. The number of aromatic nitrogens is 1. The van der Waals surface area contributed by atoms with Crippen LogP contribution in [-0.4, -0.2) is 16.7 Å². The molecule has 0 saturated carbocycles. The van der Waals surface area contributed by atoms with Gasteiger partial charge < -0.3 is 5.32 Å². The van der Waals surface area contributed by atoms with Crippen LogP contribution in [-0.2, 0) is 9.59 Å². The summed E-state index contributed by atoms with van der Waals surface area (Å²) in [6.07, 6.45) is 2.16. The van der Waals surface area contributed by atoms with Crippen molar-refractivity contribution in [3.8, 4) is 0 Å². The summed E-state index contributed by atoms with van der Waals surface area (Å²) in [6, 6.07) is 15.6. The second-order valence-electron chi connectivity index (χ2n) is 7.76. The molecule has 0 spiro atoms. The predicted octanol–water partition coefficient (Wildman–Crippen LogP) is 5.67. The Labute approximate surface area is 192 Å². The van der Waals surface area contributed by atoms with Crippen molar-refractivity contribution < 1.29 is 9.59 Å². The SMILES string of the molecule is CC1=C(C(=O)Nc2nc3ccccc3s2)[C@H](c2cccc(Br)c2)C2=C(CCCC2=O)N1. The topological polar surface area (TPSA) is 71.1 Å². The summed E-state index contributed by atoms with van der Waals surface area (Å²) in [5.74, 6) is -0.536. The minimum absolute atomic E-state index is 0.108. The maximum Gasteiger partial charge on any atom is 0.256 e. The van der Waals surface area contributed by atoms with E-state index in [1.165, 1.54) is 11.3 Å². The Morgan fingerprint density at radius 1 is 1.19 bits per heavy atom. The molecule has 5 nitrogen and oxygen atoms in total. The van der Waals surface area contributed by atoms with Crippen molar-refractivity contribution in [3.05, 3.63) is 81.1 Å². The lowest BCUT2D eigenvalue weighted by molar-refractivity contribution is -0.116. The molecule has 2 N–H and O–H groups in total. The number of halogens is 1. The van der Waals surface area contributed by atoms with Gasteiger partial charge in [-0.05, 0) is 49.6 Å². The fourth-order valence-corrected chi connectivity index (χ4v) is 5.67. The molecule has 156 valence electrons. The smallest absolute Gasteiger partial charge is 0.256 e. The molecule has 2 aliphatic rings. The molecule has 1 atom stereocenters. The van der Waals surface area contributed by atoms with Crippen molar-refractivity contribution in [1.82, 2.24) is 10.3 Å². The van der Waals surface area contributed by atoms with E-state index in [0.717, 1.165) is 44.5 Å². The number of rotatable bonds is 3. The van der Waals surface area contributed by atoms with Crippen LogP contribution in [0.3, 0.4) is 0 Å². The molecule has 0 unspecified atom stereocenters. The molecule has 0 fully saturated rings. The number of amides is 1. The number of anilines is 1. The van der Waals surface area contributed by atoms with Gasteiger partial charge in [-0.25, -0.2) is 4.98 Å². The Bertz CT molecular complexity index is 1260. The number of carbonyl (C=O) groups is 2. The third-order valence-electron chi connectivity index (χ3n) is 5.72. The van der Waals surface area contributed by atoms with Gasteiger partial charge in [-0.15, -0.1) is 0 Å². The predicted molar refractivity (Wildman–Crippen MR) is 127 cm³/mol. The quantitative estimate of drug-likeness (QED) is 0.493. The number of Topliss-reactive ketones (excluding diaryl/α,β-unsaturated/α-hetero) is 1. The van der Waals surface area contributed by atoms with Crippen LogP contribution in [0, 0.1) is 0 Å². The molecule has 31 heavy (non-hydrogen) atoms. The second-order valence-corrected chi connectivity index (χ2v) is 9.71. The molecule has 7 heteroatoms. The lowest BCUT2D eigenvalue weighted by Gasteiger charge is -2.34. The minimum atomic E-state index is -0.407. The van der Waals surface area contributed by atoms with Gasteiger partial charge in [-0.3, -0.25) is 14.9 Å². The van der Waals surface area contributed by atoms with E-state index < -0.39 is 5.92 Å². The lowest BCUT2D eigenvalue weighted by Crippen LogP contribution is -2.35. The number of allylic oxidation sites excluding steroid dienone is 3. The van der Waals surface area contributed by atoms with Crippen molar-refractivity contribution in [1.29, 1.82) is 0 Å². The van der Waals surface area contributed by atoms with E-state index in [0.29, 0.717) is 22.7 Å². The zero-order valence-electron chi connectivity index (χ0n) is 16.9. The van der Waals surface area contributed by atoms with E-state index in [-0.39, 0.29) is 11.7 Å². The van der Waals surface area contributed by atoms with Gasteiger partial charge in [0, 0.05) is 39.4 Å². The average Bonchev–Trinajstić information content (AvgIpc) is 3.15. The number of nitrogens with one attached hydrogen (secondary N) is 2. The van der Waals surface area contributed by atoms with Gasteiger partial charge in [0.05, 0.1) is 10.2 Å². The first kappa shape index (κ1) is 20.2. The van der Waals surface area contributed by atoms with Crippen molar-refractivity contribution in [2.45, 2.75) is 32.1 Å². The highest BCUT2D eigenvalue weighted by atomic mass is 79.9. The summed E-state index contributed by atoms with van der Waals surface area (Å²) in [7, 11) is 0. The number of hydrogen-bond acceptors (Lipinski definition) is 5. The van der Waals surface area contributed by atoms with E-state index in [2.05, 4.69) is 31.5 Å². The van der Waals surface area contributed by atoms with Gasteiger partial charge in [0.2, 0.25) is 0 Å². The van der Waals surface area contributed by atoms with E-state index in [1.807, 2.05) is 55.5 Å². The fourth-order valence-electron chi connectivity index (χ4n) is 4.39. The number of benzene rings is 2. The van der Waals surface area contributed by atoms with Gasteiger partial charge >= 0.3 is 0 Å². The standard InChI is InChI=1S/C24H20BrN3O2S/c1-13-20(23(30)28-24-27-16-8-2-3-11-19(16)31-24)21(14-6-4-7-15(25)12-14)22-17(26-13)9-5-10-18(22)29/h2-4,6-8,11-12,21,26H,5,9-10H2,1H3,(H,27,28,30)/t21-/m0/s1. The lowest BCUT2D eigenvalue weighted by atomic mass is 9.75. The molecular weight excluding hydrogens is 474 g/mol. The van der Waals surface area contributed by atoms with Crippen molar-refractivity contribution in [2.24, 2.45) is 0 Å². The van der Waals surface area contributed by atoms with Gasteiger partial charge in [0.1, 0.15) is 0 Å². The normalized spacial score (nSPS) is 18.8. The molecular formula is C24H20BrN3O2S. The van der Waals surface area contributed by atoms with Crippen LogP contribution in [0.25, 0.3) is 10.2 Å². The number of hydrogen-bond donors (Lipinski definition) is 2. The van der Waals surface area contributed by atoms with Gasteiger partial charge in [0.15, 0.2) is 10.9 Å². The van der Waals surface area contributed by atoms with Crippen LogP contribution in [0.4, 0.5) is 5.13 Å². The first-order valence-corrected chi connectivity index (χ1v) is 11.8. The highest BCUT2D eigenvalue weighted by Gasteiger charge is 2.38. The Hall–Kier alpha value is -2.77. The summed E-state index contributed by atoms with van der Waals surface area (Å²) in [6.45, 7) is 1.90. The van der Waals surface area contributed by atoms with E-state index >= 15 is 0 Å². The van der Waals surface area contributed by atoms with E-state index in [9.17, 15) is 9.59 Å². The molecule has 0 saturated heterocycles. The second kappa shape index (κ2) is 8.05. The van der Waals surface area contributed by atoms with Crippen LogP contribution in [0.1, 0.15) is 37.7 Å². The highest BCUT2D eigenvalue weighted by Crippen LogP contribution is 2.43. The Kier molecular flexibility index (Phi) is 5.24. The van der Waals surface area contributed by atoms with Crippen LogP contribution in [0.5, 0.6) is 0 Å². The van der Waals surface area contributed by atoms with Crippen LogP contribution >= 0.6 is 27.3 Å². The number of fused-ring (bicyclic) bond motifs is 1. The number of dihydropyridines is 1. The Morgan fingerprint density at radius 3 is 2.84 bits per heavy atom. The number of carbonyl (C=O) groups excluding carboxylic acids is 2. The van der Waals surface area contributed by atoms with Crippen molar-refractivity contribution >= 4 is 54.3 Å². The molecule has 0 bridgehead atoms. The molecule has 1 aliphatic carbocycles. The largest absolute Gasteiger partial charge is 0.362 e. The summed E-state index contributed by atoms with van der Waals surface area (Å²) >= 11 is 4.98. The molecule has 2 heterocycles. The molecule has 1 aromatic heterocycles. The van der Waals surface area contributed by atoms with Gasteiger partial charge in [-0.1, -0.05) is 51.5 Å².